The third-order valence-electron chi connectivity index (χ3n) is 2.80. The molecule has 2 rings (SSSR count). The summed E-state index contributed by atoms with van der Waals surface area (Å²) in [5.74, 6) is -1.06. The molecule has 0 unspecified atom stereocenters. The number of nitrogens with one attached hydrogen (secondary N) is 1. The highest BCUT2D eigenvalue weighted by Gasteiger charge is 2.12. The maximum atomic E-state index is 13.2. The van der Waals surface area contributed by atoms with E-state index in [1.165, 1.54) is 36.4 Å². The van der Waals surface area contributed by atoms with Gasteiger partial charge in [-0.1, -0.05) is 29.3 Å². The van der Waals surface area contributed by atoms with Crippen LogP contribution in [0.15, 0.2) is 46.4 Å². The Bertz CT molecular complexity index is 846. The summed E-state index contributed by atoms with van der Waals surface area (Å²) in [6.07, 6.45) is 1.35. The van der Waals surface area contributed by atoms with Crippen molar-refractivity contribution in [2.24, 2.45) is 0 Å². The van der Waals surface area contributed by atoms with Crippen LogP contribution in [0.3, 0.4) is 0 Å². The molecule has 2 aromatic rings. The Kier molecular flexibility index (Phi) is 5.78. The van der Waals surface area contributed by atoms with Crippen LogP contribution in [0.25, 0.3) is 6.08 Å². The van der Waals surface area contributed by atoms with E-state index in [9.17, 15) is 9.18 Å². The number of rotatable bonds is 3. The Morgan fingerprint density at radius 3 is 2.61 bits per heavy atom. The van der Waals surface area contributed by atoms with Crippen molar-refractivity contribution in [3.8, 4) is 6.07 Å². The average Bonchev–Trinajstić information content (AvgIpc) is 2.51. The van der Waals surface area contributed by atoms with Crippen LogP contribution in [-0.2, 0) is 4.79 Å². The van der Waals surface area contributed by atoms with E-state index in [2.05, 4.69) is 21.2 Å². The number of carbonyl (C=O) groups is 1. The smallest absolute Gasteiger partial charge is 0.266 e. The van der Waals surface area contributed by atoms with Gasteiger partial charge in [-0.05, 0) is 57.9 Å². The van der Waals surface area contributed by atoms with E-state index in [-0.39, 0.29) is 15.1 Å². The molecule has 0 bridgehead atoms. The fourth-order valence-corrected chi connectivity index (χ4v) is 2.55. The molecule has 0 aliphatic heterocycles. The van der Waals surface area contributed by atoms with Gasteiger partial charge in [-0.25, -0.2) is 4.39 Å². The van der Waals surface area contributed by atoms with Crippen LogP contribution >= 0.6 is 39.1 Å². The van der Waals surface area contributed by atoms with Crippen molar-refractivity contribution >= 4 is 56.8 Å². The van der Waals surface area contributed by atoms with Gasteiger partial charge in [0, 0.05) is 5.02 Å². The summed E-state index contributed by atoms with van der Waals surface area (Å²) in [6.45, 7) is 0. The van der Waals surface area contributed by atoms with Crippen LogP contribution in [0.2, 0.25) is 10.0 Å². The first kappa shape index (κ1) is 17.5. The van der Waals surface area contributed by atoms with Crippen molar-refractivity contribution < 1.29 is 9.18 Å². The second kappa shape index (κ2) is 7.60. The molecule has 116 valence electrons. The largest absolute Gasteiger partial charge is 0.320 e. The zero-order valence-corrected chi connectivity index (χ0v) is 14.5. The molecule has 7 heteroatoms. The number of halogens is 4. The van der Waals surface area contributed by atoms with Gasteiger partial charge in [0.1, 0.15) is 17.5 Å². The van der Waals surface area contributed by atoms with Crippen molar-refractivity contribution in [2.45, 2.75) is 0 Å². The summed E-state index contributed by atoms with van der Waals surface area (Å²) >= 11 is 14.8. The zero-order valence-electron chi connectivity index (χ0n) is 11.4. The molecule has 0 radical (unpaired) electrons. The molecule has 0 aromatic heterocycles. The Balaban J connectivity index is 2.26. The number of nitriles is 1. The molecular formula is C16H8BrCl2FN2O. The van der Waals surface area contributed by atoms with Gasteiger partial charge in [-0.15, -0.1) is 0 Å². The summed E-state index contributed by atoms with van der Waals surface area (Å²) in [6, 6.07) is 10.5. The monoisotopic (exact) mass is 412 g/mol. The van der Waals surface area contributed by atoms with Gasteiger partial charge in [-0.2, -0.15) is 5.26 Å². The van der Waals surface area contributed by atoms with Gasteiger partial charge in [0.15, 0.2) is 0 Å². The lowest BCUT2D eigenvalue weighted by Crippen LogP contribution is -2.13. The van der Waals surface area contributed by atoms with E-state index >= 15 is 0 Å². The Morgan fingerprint density at radius 2 is 2.00 bits per heavy atom. The molecule has 0 saturated heterocycles. The molecular weight excluding hydrogens is 406 g/mol. The molecule has 1 amide bonds. The van der Waals surface area contributed by atoms with Crippen LogP contribution in [-0.4, -0.2) is 5.91 Å². The first-order valence-electron chi connectivity index (χ1n) is 6.24. The van der Waals surface area contributed by atoms with E-state index in [0.29, 0.717) is 16.3 Å². The summed E-state index contributed by atoms with van der Waals surface area (Å²) < 4.78 is 13.4. The highest BCUT2D eigenvalue weighted by atomic mass is 79.9. The van der Waals surface area contributed by atoms with E-state index in [4.69, 9.17) is 28.5 Å². The van der Waals surface area contributed by atoms with Crippen LogP contribution in [0.5, 0.6) is 0 Å². The minimum atomic E-state index is -0.628. The normalized spacial score (nSPS) is 11.0. The van der Waals surface area contributed by atoms with Gasteiger partial charge in [-0.3, -0.25) is 4.79 Å². The average molecular weight is 414 g/mol. The third kappa shape index (κ3) is 4.55. The quantitative estimate of drug-likeness (QED) is 0.537. The van der Waals surface area contributed by atoms with E-state index in [1.807, 2.05) is 0 Å². The molecule has 2 aromatic carbocycles. The lowest BCUT2D eigenvalue weighted by molar-refractivity contribution is -0.112. The van der Waals surface area contributed by atoms with Crippen LogP contribution in [0.4, 0.5) is 10.1 Å². The summed E-state index contributed by atoms with van der Waals surface area (Å²) in [4.78, 5) is 12.2. The molecule has 0 atom stereocenters. The first-order chi connectivity index (χ1) is 10.9. The van der Waals surface area contributed by atoms with Crippen LogP contribution in [0.1, 0.15) is 5.56 Å². The van der Waals surface area contributed by atoms with Crippen molar-refractivity contribution in [3.63, 3.8) is 0 Å². The van der Waals surface area contributed by atoms with Crippen molar-refractivity contribution in [2.75, 3.05) is 5.32 Å². The van der Waals surface area contributed by atoms with Gasteiger partial charge in [0.25, 0.3) is 5.91 Å². The lowest BCUT2D eigenvalue weighted by Gasteiger charge is -2.07. The molecule has 0 fully saturated rings. The number of amides is 1. The summed E-state index contributed by atoms with van der Waals surface area (Å²) in [5, 5.41) is 12.4. The maximum Gasteiger partial charge on any atom is 0.266 e. The summed E-state index contributed by atoms with van der Waals surface area (Å²) in [7, 11) is 0. The molecule has 0 spiro atoms. The molecule has 23 heavy (non-hydrogen) atoms. The van der Waals surface area contributed by atoms with Crippen molar-refractivity contribution in [1.82, 2.24) is 0 Å². The van der Waals surface area contributed by atoms with Crippen LogP contribution in [0, 0.1) is 17.1 Å². The second-order valence-electron chi connectivity index (χ2n) is 4.42. The van der Waals surface area contributed by atoms with Crippen LogP contribution < -0.4 is 5.32 Å². The molecule has 0 aliphatic carbocycles. The molecule has 0 saturated carbocycles. The maximum absolute atomic E-state index is 13.2. The minimum Gasteiger partial charge on any atom is -0.320 e. The van der Waals surface area contributed by atoms with Gasteiger partial charge in [0.2, 0.25) is 0 Å². The highest BCUT2D eigenvalue weighted by Crippen LogP contribution is 2.26. The van der Waals surface area contributed by atoms with Gasteiger partial charge >= 0.3 is 0 Å². The first-order valence-corrected chi connectivity index (χ1v) is 7.79. The molecule has 0 aliphatic rings. The fraction of sp³-hybridized carbons (Fsp3) is 0. The van der Waals surface area contributed by atoms with E-state index in [1.54, 1.807) is 12.1 Å². The predicted octanol–water partition coefficient (Wildman–Crippen LogP) is 5.44. The zero-order chi connectivity index (χ0) is 17.0. The number of anilines is 1. The molecule has 1 N–H and O–H groups in total. The SMILES string of the molecule is N#C/C(=C\c1ccc(F)c(Br)c1)C(=O)Nc1ccc(Cl)cc1Cl. The van der Waals surface area contributed by atoms with Gasteiger partial charge < -0.3 is 5.32 Å². The Morgan fingerprint density at radius 1 is 1.26 bits per heavy atom. The second-order valence-corrected chi connectivity index (χ2v) is 6.12. The van der Waals surface area contributed by atoms with Crippen molar-refractivity contribution in [1.29, 1.82) is 5.26 Å². The van der Waals surface area contributed by atoms with Gasteiger partial charge in [0.05, 0.1) is 15.2 Å². The Labute approximate surface area is 150 Å². The molecule has 3 nitrogen and oxygen atoms in total. The predicted molar refractivity (Wildman–Crippen MR) is 92.8 cm³/mol. The molecule has 0 heterocycles. The van der Waals surface area contributed by atoms with E-state index < -0.39 is 11.7 Å². The lowest BCUT2D eigenvalue weighted by atomic mass is 10.1. The van der Waals surface area contributed by atoms with E-state index in [0.717, 1.165) is 0 Å². The Hall–Kier alpha value is -1.87. The highest BCUT2D eigenvalue weighted by molar-refractivity contribution is 9.10. The number of nitrogens with zero attached hydrogens (tertiary/aromatic N) is 1. The fourth-order valence-electron chi connectivity index (χ4n) is 1.70. The number of benzene rings is 2. The summed E-state index contributed by atoms with van der Waals surface area (Å²) in [5.41, 5.74) is 0.698. The third-order valence-corrected chi connectivity index (χ3v) is 3.95. The standard InChI is InChI=1S/C16H8BrCl2FN2O/c17-12-6-9(1-3-14(12)20)5-10(8-21)16(23)22-15-4-2-11(18)7-13(15)19/h1-7H,(H,22,23)/b10-5+. The number of hydrogen-bond donors (Lipinski definition) is 1. The van der Waals surface area contributed by atoms with Crippen molar-refractivity contribution in [3.05, 3.63) is 67.9 Å². The number of carbonyl (C=O) groups excluding carboxylic acids is 1. The number of hydrogen-bond acceptors (Lipinski definition) is 2. The minimum absolute atomic E-state index is 0.144. The topological polar surface area (TPSA) is 52.9 Å².